The minimum absolute atomic E-state index is 0.154. The minimum Gasteiger partial charge on any atom is -0.469 e. The molecule has 0 aliphatic rings. The summed E-state index contributed by atoms with van der Waals surface area (Å²) in [5, 5.41) is 12.1. The van der Waals surface area contributed by atoms with Crippen LogP contribution in [-0.4, -0.2) is 37.9 Å². The highest BCUT2D eigenvalue weighted by molar-refractivity contribution is 5.68. The molecule has 2 N–H and O–H groups in total. The summed E-state index contributed by atoms with van der Waals surface area (Å²) < 4.78 is 4.54. The number of ether oxygens (including phenoxy) is 1. The number of hydrogen-bond donors (Lipinski definition) is 2. The lowest BCUT2D eigenvalue weighted by Gasteiger charge is -2.13. The average Bonchev–Trinajstić information content (AvgIpc) is 2.26. The number of esters is 1. The van der Waals surface area contributed by atoms with E-state index < -0.39 is 0 Å². The first-order chi connectivity index (χ1) is 7.24. The summed E-state index contributed by atoms with van der Waals surface area (Å²) in [6.45, 7) is 4.12. The third-order valence-electron chi connectivity index (χ3n) is 2.51. The Balaban J connectivity index is 3.32. The van der Waals surface area contributed by atoms with Crippen LogP contribution in [-0.2, 0) is 9.53 Å². The average molecular weight is 217 g/mol. The number of methoxy groups -OCH3 is 1. The van der Waals surface area contributed by atoms with Crippen LogP contribution in [0, 0.1) is 5.92 Å². The highest BCUT2D eigenvalue weighted by atomic mass is 16.5. The first-order valence-electron chi connectivity index (χ1n) is 5.63. The van der Waals surface area contributed by atoms with E-state index >= 15 is 0 Å². The normalized spacial score (nSPS) is 12.5. The predicted molar refractivity (Wildman–Crippen MR) is 59.6 cm³/mol. The van der Waals surface area contributed by atoms with Gasteiger partial charge in [-0.1, -0.05) is 13.3 Å². The highest BCUT2D eigenvalue weighted by Gasteiger charge is 2.04. The first kappa shape index (κ1) is 14.4. The van der Waals surface area contributed by atoms with Gasteiger partial charge < -0.3 is 15.2 Å². The lowest BCUT2D eigenvalue weighted by atomic mass is 10.0. The Morgan fingerprint density at radius 3 is 2.80 bits per heavy atom. The summed E-state index contributed by atoms with van der Waals surface area (Å²) in [5.74, 6) is 0.382. The minimum atomic E-state index is -0.154. The second kappa shape index (κ2) is 9.93. The Morgan fingerprint density at radius 1 is 1.53 bits per heavy atom. The molecule has 0 aliphatic carbocycles. The van der Waals surface area contributed by atoms with Crippen LogP contribution in [0.15, 0.2) is 0 Å². The van der Waals surface area contributed by atoms with Gasteiger partial charge in [0, 0.05) is 13.0 Å². The molecule has 0 heterocycles. The second-order valence-corrected chi connectivity index (χ2v) is 3.67. The number of aliphatic hydroxyl groups is 1. The van der Waals surface area contributed by atoms with Crippen LogP contribution in [0.25, 0.3) is 0 Å². The van der Waals surface area contributed by atoms with Gasteiger partial charge in [0.25, 0.3) is 0 Å². The van der Waals surface area contributed by atoms with E-state index in [9.17, 15) is 4.79 Å². The van der Waals surface area contributed by atoms with Gasteiger partial charge in [-0.15, -0.1) is 0 Å². The third-order valence-corrected chi connectivity index (χ3v) is 2.51. The number of carbonyl (C=O) groups is 1. The molecule has 4 nitrogen and oxygen atoms in total. The molecule has 15 heavy (non-hydrogen) atoms. The van der Waals surface area contributed by atoms with Crippen LogP contribution in [0.1, 0.15) is 32.6 Å². The molecule has 0 rings (SSSR count). The van der Waals surface area contributed by atoms with Gasteiger partial charge in [0.15, 0.2) is 0 Å². The van der Waals surface area contributed by atoms with Gasteiger partial charge in [-0.25, -0.2) is 0 Å². The van der Waals surface area contributed by atoms with Crippen LogP contribution in [0.2, 0.25) is 0 Å². The topological polar surface area (TPSA) is 58.6 Å². The fourth-order valence-corrected chi connectivity index (χ4v) is 1.40. The molecule has 1 atom stereocenters. The molecule has 90 valence electrons. The number of rotatable bonds is 9. The molecule has 0 aromatic heterocycles. The molecule has 0 aliphatic heterocycles. The Bertz CT molecular complexity index is 162. The maximum absolute atomic E-state index is 10.8. The van der Waals surface area contributed by atoms with Gasteiger partial charge in [-0.05, 0) is 31.8 Å². The molecule has 0 amide bonds. The summed E-state index contributed by atoms with van der Waals surface area (Å²) in [6, 6.07) is 0. The molecule has 0 bridgehead atoms. The Labute approximate surface area is 92.0 Å². The van der Waals surface area contributed by atoms with E-state index in [2.05, 4.69) is 17.0 Å². The van der Waals surface area contributed by atoms with Crippen molar-refractivity contribution in [2.45, 2.75) is 32.6 Å². The zero-order valence-corrected chi connectivity index (χ0v) is 9.79. The SMILES string of the molecule is CCC(CCO)CNCCCC(=O)OC. The lowest BCUT2D eigenvalue weighted by Crippen LogP contribution is -2.24. The lowest BCUT2D eigenvalue weighted by molar-refractivity contribution is -0.140. The zero-order valence-electron chi connectivity index (χ0n) is 9.79. The smallest absolute Gasteiger partial charge is 0.305 e. The number of hydrogen-bond acceptors (Lipinski definition) is 4. The molecule has 0 radical (unpaired) electrons. The summed E-state index contributed by atoms with van der Waals surface area (Å²) >= 11 is 0. The van der Waals surface area contributed by atoms with Crippen LogP contribution < -0.4 is 5.32 Å². The summed E-state index contributed by atoms with van der Waals surface area (Å²) in [6.07, 6.45) is 3.20. The predicted octanol–water partition coefficient (Wildman–Crippen LogP) is 0.938. The van der Waals surface area contributed by atoms with Gasteiger partial charge in [0.1, 0.15) is 0 Å². The Kier molecular flexibility index (Phi) is 9.52. The molecule has 0 fully saturated rings. The first-order valence-corrected chi connectivity index (χ1v) is 5.63. The second-order valence-electron chi connectivity index (χ2n) is 3.67. The quantitative estimate of drug-likeness (QED) is 0.446. The Hall–Kier alpha value is -0.610. The monoisotopic (exact) mass is 217 g/mol. The van der Waals surface area contributed by atoms with Crippen molar-refractivity contribution in [1.82, 2.24) is 5.32 Å². The maximum Gasteiger partial charge on any atom is 0.305 e. The van der Waals surface area contributed by atoms with Crippen LogP contribution in [0.4, 0.5) is 0 Å². The van der Waals surface area contributed by atoms with Crippen molar-refractivity contribution in [3.8, 4) is 0 Å². The van der Waals surface area contributed by atoms with Gasteiger partial charge in [-0.3, -0.25) is 4.79 Å². The number of aliphatic hydroxyl groups excluding tert-OH is 1. The van der Waals surface area contributed by atoms with Crippen molar-refractivity contribution in [2.24, 2.45) is 5.92 Å². The zero-order chi connectivity index (χ0) is 11.5. The van der Waals surface area contributed by atoms with Crippen molar-refractivity contribution in [3.05, 3.63) is 0 Å². The van der Waals surface area contributed by atoms with E-state index in [0.29, 0.717) is 12.3 Å². The van der Waals surface area contributed by atoms with E-state index in [1.165, 1.54) is 7.11 Å². The van der Waals surface area contributed by atoms with Gasteiger partial charge >= 0.3 is 5.97 Å². The molecular formula is C11H23NO3. The van der Waals surface area contributed by atoms with Crippen LogP contribution >= 0.6 is 0 Å². The molecule has 4 heteroatoms. The van der Waals surface area contributed by atoms with E-state index in [4.69, 9.17) is 5.11 Å². The van der Waals surface area contributed by atoms with Crippen molar-refractivity contribution in [3.63, 3.8) is 0 Å². The third kappa shape index (κ3) is 8.39. The highest BCUT2D eigenvalue weighted by Crippen LogP contribution is 2.05. The summed E-state index contributed by atoms with van der Waals surface area (Å²) in [4.78, 5) is 10.8. The fraction of sp³-hybridized carbons (Fsp3) is 0.909. The van der Waals surface area contributed by atoms with Crippen LogP contribution in [0.5, 0.6) is 0 Å². The summed E-state index contributed by atoms with van der Waals surface area (Å²) in [7, 11) is 1.41. The van der Waals surface area contributed by atoms with Crippen LogP contribution in [0.3, 0.4) is 0 Å². The molecular weight excluding hydrogens is 194 g/mol. The van der Waals surface area contributed by atoms with Gasteiger partial charge in [-0.2, -0.15) is 0 Å². The Morgan fingerprint density at radius 2 is 2.27 bits per heavy atom. The standard InChI is InChI=1S/C11H23NO3/c1-3-10(6-8-13)9-12-7-4-5-11(14)15-2/h10,12-13H,3-9H2,1-2H3. The van der Waals surface area contributed by atoms with E-state index in [-0.39, 0.29) is 12.6 Å². The van der Waals surface area contributed by atoms with E-state index in [1.807, 2.05) is 0 Å². The van der Waals surface area contributed by atoms with Crippen molar-refractivity contribution < 1.29 is 14.6 Å². The van der Waals surface area contributed by atoms with E-state index in [1.54, 1.807) is 0 Å². The van der Waals surface area contributed by atoms with Crippen molar-refractivity contribution in [1.29, 1.82) is 0 Å². The molecule has 0 saturated heterocycles. The molecule has 1 unspecified atom stereocenters. The van der Waals surface area contributed by atoms with Gasteiger partial charge in [0.05, 0.1) is 7.11 Å². The van der Waals surface area contributed by atoms with Gasteiger partial charge in [0.2, 0.25) is 0 Å². The van der Waals surface area contributed by atoms with E-state index in [0.717, 1.165) is 32.4 Å². The number of nitrogens with one attached hydrogen (secondary N) is 1. The molecule has 0 aromatic carbocycles. The number of carbonyl (C=O) groups excluding carboxylic acids is 1. The maximum atomic E-state index is 10.8. The largest absolute Gasteiger partial charge is 0.469 e. The molecule has 0 aromatic rings. The molecule has 0 spiro atoms. The fourth-order valence-electron chi connectivity index (χ4n) is 1.40. The summed E-state index contributed by atoms with van der Waals surface area (Å²) in [5.41, 5.74) is 0. The molecule has 0 saturated carbocycles. The van der Waals surface area contributed by atoms with Crippen molar-refractivity contribution >= 4 is 5.97 Å². The van der Waals surface area contributed by atoms with Crippen molar-refractivity contribution in [2.75, 3.05) is 26.8 Å².